The van der Waals surface area contributed by atoms with Gasteiger partial charge in [-0.15, -0.1) is 0 Å². The normalized spacial score (nSPS) is 18.9. The molecule has 2 aliphatic heterocycles. The average Bonchev–Trinajstić information content (AvgIpc) is 3.18. The summed E-state index contributed by atoms with van der Waals surface area (Å²) in [7, 11) is 1.67. The number of carbonyl (C=O) groups is 2. The topological polar surface area (TPSA) is 53.1 Å². The average molecular weight is 472 g/mol. The van der Waals surface area contributed by atoms with Crippen LogP contribution in [0, 0.1) is 5.92 Å². The number of carbonyl (C=O) groups excluding carboxylic acids is 2. The Kier molecular flexibility index (Phi) is 6.89. The van der Waals surface area contributed by atoms with E-state index in [1.807, 2.05) is 64.4 Å². The van der Waals surface area contributed by atoms with Gasteiger partial charge in [0.1, 0.15) is 5.75 Å². The molecule has 0 aromatic heterocycles. The lowest BCUT2D eigenvalue weighted by Crippen LogP contribution is -2.47. The van der Waals surface area contributed by atoms with E-state index in [9.17, 15) is 9.59 Å². The van der Waals surface area contributed by atoms with Crippen molar-refractivity contribution < 1.29 is 14.3 Å². The molecular formula is C29H33N3O3. The van der Waals surface area contributed by atoms with E-state index < -0.39 is 0 Å². The summed E-state index contributed by atoms with van der Waals surface area (Å²) in [5, 5.41) is 2.04. The van der Waals surface area contributed by atoms with Crippen LogP contribution >= 0.6 is 0 Å². The predicted molar refractivity (Wildman–Crippen MR) is 139 cm³/mol. The molecule has 0 spiro atoms. The first-order chi connectivity index (χ1) is 17.1. The molecule has 35 heavy (non-hydrogen) atoms. The molecule has 2 fully saturated rings. The fraction of sp³-hybridized carbons (Fsp3) is 0.379. The molecule has 3 aromatic rings. The lowest BCUT2D eigenvalue weighted by atomic mass is 9.95. The molecule has 0 radical (unpaired) electrons. The molecule has 2 amide bonds. The Bertz CT molecular complexity index is 1190. The highest BCUT2D eigenvalue weighted by Gasteiger charge is 2.32. The molecule has 0 N–H and O–H groups in total. The highest BCUT2D eigenvalue weighted by molar-refractivity contribution is 6.07. The van der Waals surface area contributed by atoms with Gasteiger partial charge in [0.05, 0.1) is 13.0 Å². The minimum Gasteiger partial charge on any atom is -0.497 e. The standard InChI is InChI=1S/C29H33N3O3/c1-35-25-14-12-24(13-15-25)30-17-6-18-31(20-19-30)28(33)23-9-5-16-32(21-23)29(34)27-11-4-8-22-7-2-3-10-26(22)27/h2-4,7-8,10-15,23H,5-6,9,16-21H2,1H3. The molecule has 0 bridgehead atoms. The summed E-state index contributed by atoms with van der Waals surface area (Å²) in [5.74, 6) is 0.938. The van der Waals surface area contributed by atoms with Gasteiger partial charge in [0, 0.05) is 50.5 Å². The van der Waals surface area contributed by atoms with Crippen molar-refractivity contribution in [2.24, 2.45) is 5.92 Å². The van der Waals surface area contributed by atoms with Gasteiger partial charge in [0.15, 0.2) is 0 Å². The highest BCUT2D eigenvalue weighted by atomic mass is 16.5. The van der Waals surface area contributed by atoms with Crippen LogP contribution in [0.5, 0.6) is 5.75 Å². The molecule has 1 unspecified atom stereocenters. The van der Waals surface area contributed by atoms with Gasteiger partial charge in [0.2, 0.25) is 5.91 Å². The van der Waals surface area contributed by atoms with Crippen LogP contribution in [0.3, 0.4) is 0 Å². The van der Waals surface area contributed by atoms with E-state index in [2.05, 4.69) is 17.0 Å². The summed E-state index contributed by atoms with van der Waals surface area (Å²) in [5.41, 5.74) is 1.88. The molecule has 2 aliphatic rings. The first-order valence-electron chi connectivity index (χ1n) is 12.6. The number of rotatable bonds is 4. The van der Waals surface area contributed by atoms with Crippen molar-refractivity contribution in [1.82, 2.24) is 9.80 Å². The monoisotopic (exact) mass is 471 g/mol. The van der Waals surface area contributed by atoms with Crippen molar-refractivity contribution in [2.75, 3.05) is 51.3 Å². The first-order valence-corrected chi connectivity index (χ1v) is 12.6. The van der Waals surface area contributed by atoms with E-state index in [-0.39, 0.29) is 17.7 Å². The fourth-order valence-electron chi connectivity index (χ4n) is 5.39. The van der Waals surface area contributed by atoms with Crippen LogP contribution in [0.1, 0.15) is 29.6 Å². The van der Waals surface area contributed by atoms with Crippen molar-refractivity contribution in [3.8, 4) is 5.75 Å². The Balaban J connectivity index is 1.24. The number of amides is 2. The molecule has 5 rings (SSSR count). The second kappa shape index (κ2) is 10.4. The largest absolute Gasteiger partial charge is 0.497 e. The van der Waals surface area contributed by atoms with Crippen LogP contribution in [-0.4, -0.2) is 68.0 Å². The molecular weight excluding hydrogens is 438 g/mol. The number of benzene rings is 3. The molecule has 1 atom stereocenters. The Labute approximate surface area is 207 Å². The highest BCUT2D eigenvalue weighted by Crippen LogP contribution is 2.26. The van der Waals surface area contributed by atoms with Gasteiger partial charge >= 0.3 is 0 Å². The zero-order valence-corrected chi connectivity index (χ0v) is 20.4. The van der Waals surface area contributed by atoms with Crippen LogP contribution in [0.15, 0.2) is 66.7 Å². The van der Waals surface area contributed by atoms with Crippen LogP contribution < -0.4 is 9.64 Å². The third-order valence-corrected chi connectivity index (χ3v) is 7.32. The number of piperidine rings is 1. The maximum absolute atomic E-state index is 13.5. The summed E-state index contributed by atoms with van der Waals surface area (Å²) < 4.78 is 5.27. The lowest BCUT2D eigenvalue weighted by Gasteiger charge is -2.35. The second-order valence-corrected chi connectivity index (χ2v) is 9.48. The van der Waals surface area contributed by atoms with Crippen molar-refractivity contribution >= 4 is 28.3 Å². The Morgan fingerprint density at radius 3 is 2.40 bits per heavy atom. The summed E-state index contributed by atoms with van der Waals surface area (Å²) in [6.07, 6.45) is 2.64. The number of anilines is 1. The Morgan fingerprint density at radius 2 is 1.57 bits per heavy atom. The van der Waals surface area contributed by atoms with Crippen LogP contribution in [0.4, 0.5) is 5.69 Å². The van der Waals surface area contributed by atoms with Gasteiger partial charge in [-0.1, -0.05) is 36.4 Å². The first kappa shape index (κ1) is 23.2. The maximum Gasteiger partial charge on any atom is 0.254 e. The van der Waals surface area contributed by atoms with E-state index in [1.165, 1.54) is 0 Å². The Morgan fingerprint density at radius 1 is 0.800 bits per heavy atom. The minimum absolute atomic E-state index is 0.0286. The summed E-state index contributed by atoms with van der Waals surface area (Å²) in [6, 6.07) is 22.0. The minimum atomic E-state index is -0.129. The van der Waals surface area contributed by atoms with Crippen molar-refractivity contribution in [2.45, 2.75) is 19.3 Å². The van der Waals surface area contributed by atoms with E-state index >= 15 is 0 Å². The van der Waals surface area contributed by atoms with Crippen molar-refractivity contribution in [3.63, 3.8) is 0 Å². The molecule has 2 heterocycles. The third-order valence-electron chi connectivity index (χ3n) is 7.32. The lowest BCUT2D eigenvalue weighted by molar-refractivity contribution is -0.136. The SMILES string of the molecule is COc1ccc(N2CCCN(C(=O)C3CCCN(C(=O)c4cccc5ccccc45)C3)CC2)cc1. The second-order valence-electron chi connectivity index (χ2n) is 9.48. The van der Waals surface area contributed by atoms with E-state index in [1.54, 1.807) is 7.11 Å². The van der Waals surface area contributed by atoms with Crippen molar-refractivity contribution in [1.29, 1.82) is 0 Å². The van der Waals surface area contributed by atoms with Gasteiger partial charge in [-0.2, -0.15) is 0 Å². The molecule has 2 saturated heterocycles. The summed E-state index contributed by atoms with van der Waals surface area (Å²) in [4.78, 5) is 33.2. The van der Waals surface area contributed by atoms with E-state index in [0.717, 1.165) is 66.7 Å². The van der Waals surface area contributed by atoms with Crippen LogP contribution in [0.25, 0.3) is 10.8 Å². The number of hydrogen-bond donors (Lipinski definition) is 0. The summed E-state index contributed by atoms with van der Waals surface area (Å²) >= 11 is 0. The van der Waals surface area contributed by atoms with Gasteiger partial charge in [0.25, 0.3) is 5.91 Å². The Hall–Kier alpha value is -3.54. The number of fused-ring (bicyclic) bond motifs is 1. The number of nitrogens with zero attached hydrogens (tertiary/aromatic N) is 3. The number of ether oxygens (including phenoxy) is 1. The van der Waals surface area contributed by atoms with Crippen LogP contribution in [-0.2, 0) is 4.79 Å². The van der Waals surface area contributed by atoms with E-state index in [4.69, 9.17) is 4.74 Å². The van der Waals surface area contributed by atoms with E-state index in [0.29, 0.717) is 19.6 Å². The van der Waals surface area contributed by atoms with Crippen LogP contribution in [0.2, 0.25) is 0 Å². The van der Waals surface area contributed by atoms with Crippen molar-refractivity contribution in [3.05, 3.63) is 72.3 Å². The quantitative estimate of drug-likeness (QED) is 0.565. The van der Waals surface area contributed by atoms with Gasteiger partial charge in [-0.3, -0.25) is 9.59 Å². The van der Waals surface area contributed by atoms with Gasteiger partial charge in [-0.25, -0.2) is 0 Å². The molecule has 0 aliphatic carbocycles. The number of hydrogen-bond acceptors (Lipinski definition) is 4. The zero-order valence-electron chi connectivity index (χ0n) is 20.4. The molecule has 182 valence electrons. The molecule has 3 aromatic carbocycles. The number of likely N-dealkylation sites (tertiary alicyclic amines) is 1. The molecule has 6 nitrogen and oxygen atoms in total. The maximum atomic E-state index is 13.5. The molecule has 6 heteroatoms. The smallest absolute Gasteiger partial charge is 0.254 e. The molecule has 0 saturated carbocycles. The summed E-state index contributed by atoms with van der Waals surface area (Å²) in [6.45, 7) is 4.41. The zero-order chi connectivity index (χ0) is 24.2. The van der Waals surface area contributed by atoms with Gasteiger partial charge < -0.3 is 19.4 Å². The predicted octanol–water partition coefficient (Wildman–Crippen LogP) is 4.44. The fourth-order valence-corrected chi connectivity index (χ4v) is 5.39. The van der Waals surface area contributed by atoms with Gasteiger partial charge in [-0.05, 0) is 60.4 Å². The number of methoxy groups -OCH3 is 1. The third kappa shape index (κ3) is 4.97.